The van der Waals surface area contributed by atoms with E-state index < -0.39 is 0 Å². The number of H-pyrrole nitrogens is 1. The lowest BCUT2D eigenvalue weighted by molar-refractivity contribution is -0.00521. The summed E-state index contributed by atoms with van der Waals surface area (Å²) in [6.45, 7) is 5.86. The van der Waals surface area contributed by atoms with Crippen LogP contribution in [0.2, 0.25) is 0 Å². The Bertz CT molecular complexity index is 1240. The highest BCUT2D eigenvalue weighted by molar-refractivity contribution is 5.93. The number of aromatic nitrogens is 3. The summed E-state index contributed by atoms with van der Waals surface area (Å²) in [4.78, 5) is 15.0. The van der Waals surface area contributed by atoms with Crippen molar-refractivity contribution in [1.29, 1.82) is 0 Å². The van der Waals surface area contributed by atoms with Gasteiger partial charge in [-0.05, 0) is 55.8 Å². The van der Waals surface area contributed by atoms with E-state index in [1.165, 1.54) is 5.69 Å². The summed E-state index contributed by atoms with van der Waals surface area (Å²) >= 11 is 0. The van der Waals surface area contributed by atoms with Gasteiger partial charge in [-0.15, -0.1) is 0 Å². The molecule has 164 valence electrons. The molecule has 0 spiro atoms. The van der Waals surface area contributed by atoms with Gasteiger partial charge < -0.3 is 25.5 Å². The van der Waals surface area contributed by atoms with Gasteiger partial charge >= 0.3 is 0 Å². The third-order valence-electron chi connectivity index (χ3n) is 5.98. The number of morpholine rings is 1. The number of pyridine rings is 1. The first-order valence-electron chi connectivity index (χ1n) is 10.9. The molecule has 4 N–H and O–H groups in total. The molecular formula is C25H27N5O2. The highest BCUT2D eigenvalue weighted by atomic mass is 16.5. The molecule has 2 atom stereocenters. The molecule has 1 aliphatic rings. The third kappa shape index (κ3) is 3.70. The number of nitrogen functional groups attached to an aromatic ring is 1. The Morgan fingerprint density at radius 1 is 1.06 bits per heavy atom. The predicted molar refractivity (Wildman–Crippen MR) is 127 cm³/mol. The van der Waals surface area contributed by atoms with E-state index in [0.717, 1.165) is 41.1 Å². The number of nitrogens with two attached hydrogens (primary N) is 1. The number of anilines is 2. The lowest BCUT2D eigenvalue weighted by atomic mass is 9.99. The van der Waals surface area contributed by atoms with Gasteiger partial charge in [0.25, 0.3) is 0 Å². The molecule has 0 saturated carbocycles. The molecule has 2 unspecified atom stereocenters. The second-order valence-electron chi connectivity index (χ2n) is 8.38. The summed E-state index contributed by atoms with van der Waals surface area (Å²) < 4.78 is 5.85. The van der Waals surface area contributed by atoms with Crippen LogP contribution in [-0.4, -0.2) is 45.4 Å². The lowest BCUT2D eigenvalue weighted by Crippen LogP contribution is -2.45. The molecule has 3 heterocycles. The van der Waals surface area contributed by atoms with Gasteiger partial charge in [0.2, 0.25) is 0 Å². The monoisotopic (exact) mass is 429 g/mol. The molecule has 2 aromatic carbocycles. The fourth-order valence-electron chi connectivity index (χ4n) is 4.52. The average Bonchev–Trinajstić information content (AvgIpc) is 3.23. The van der Waals surface area contributed by atoms with Crippen LogP contribution < -0.4 is 10.6 Å². The van der Waals surface area contributed by atoms with Gasteiger partial charge in [0.15, 0.2) is 5.65 Å². The van der Waals surface area contributed by atoms with Crippen molar-refractivity contribution in [3.05, 3.63) is 60.3 Å². The second-order valence-corrected chi connectivity index (χ2v) is 8.38. The van der Waals surface area contributed by atoms with Crippen LogP contribution in [0, 0.1) is 0 Å². The first-order valence-corrected chi connectivity index (χ1v) is 10.9. The minimum atomic E-state index is -0.132. The maximum absolute atomic E-state index is 9.85. The zero-order chi connectivity index (χ0) is 22.2. The Balaban J connectivity index is 1.50. The number of nitrogens with one attached hydrogen (secondary N) is 1. The first kappa shape index (κ1) is 20.5. The van der Waals surface area contributed by atoms with Gasteiger partial charge in [-0.1, -0.05) is 12.1 Å². The van der Waals surface area contributed by atoms with Crippen LogP contribution >= 0.6 is 0 Å². The van der Waals surface area contributed by atoms with Crippen molar-refractivity contribution >= 4 is 22.5 Å². The van der Waals surface area contributed by atoms with E-state index in [4.69, 9.17) is 15.5 Å². The zero-order valence-corrected chi connectivity index (χ0v) is 18.2. The van der Waals surface area contributed by atoms with Crippen molar-refractivity contribution in [3.63, 3.8) is 0 Å². The van der Waals surface area contributed by atoms with E-state index in [9.17, 15) is 5.11 Å². The quantitative estimate of drug-likeness (QED) is 0.424. The van der Waals surface area contributed by atoms with Crippen LogP contribution in [0.1, 0.15) is 19.4 Å². The fourth-order valence-corrected chi connectivity index (χ4v) is 4.52. The standard InChI is InChI=1S/C25H27N5O2/c1-15-12-30(13-16(2)32-15)18-8-6-17(7-9-18)24-28-23-20(10-11-27-25(23)29-24)19-4-3-5-22(26)21(19)14-31/h3-11,15-16,31H,12-14,26H2,1-2H3,(H,27,28,29). The van der Waals surface area contributed by atoms with Crippen LogP contribution in [0.5, 0.6) is 0 Å². The Morgan fingerprint density at radius 2 is 1.81 bits per heavy atom. The molecular weight excluding hydrogens is 402 g/mol. The van der Waals surface area contributed by atoms with E-state index in [-0.39, 0.29) is 18.8 Å². The summed E-state index contributed by atoms with van der Waals surface area (Å²) in [6, 6.07) is 16.0. The Morgan fingerprint density at radius 3 is 2.53 bits per heavy atom. The van der Waals surface area contributed by atoms with E-state index in [1.807, 2.05) is 18.2 Å². The number of aliphatic hydroxyl groups excluding tert-OH is 1. The van der Waals surface area contributed by atoms with Gasteiger partial charge in [0.1, 0.15) is 5.82 Å². The molecule has 7 nitrogen and oxygen atoms in total. The number of fused-ring (bicyclic) bond motifs is 1. The second kappa shape index (κ2) is 8.26. The molecule has 0 aliphatic carbocycles. The van der Waals surface area contributed by atoms with Crippen molar-refractivity contribution < 1.29 is 9.84 Å². The molecule has 5 rings (SSSR count). The van der Waals surface area contributed by atoms with Crippen LogP contribution in [-0.2, 0) is 11.3 Å². The number of rotatable bonds is 4. The maximum atomic E-state index is 9.85. The van der Waals surface area contributed by atoms with E-state index in [1.54, 1.807) is 12.3 Å². The molecule has 0 amide bonds. The molecule has 32 heavy (non-hydrogen) atoms. The predicted octanol–water partition coefficient (Wildman–Crippen LogP) is 3.98. The fraction of sp³-hybridized carbons (Fsp3) is 0.280. The zero-order valence-electron chi connectivity index (χ0n) is 18.2. The van der Waals surface area contributed by atoms with Crippen molar-refractivity contribution in [2.24, 2.45) is 0 Å². The molecule has 0 radical (unpaired) electrons. The van der Waals surface area contributed by atoms with Crippen molar-refractivity contribution in [2.45, 2.75) is 32.7 Å². The van der Waals surface area contributed by atoms with Crippen molar-refractivity contribution in [3.8, 4) is 22.5 Å². The van der Waals surface area contributed by atoms with Crippen LogP contribution in [0.25, 0.3) is 33.7 Å². The van der Waals surface area contributed by atoms with Crippen molar-refractivity contribution in [2.75, 3.05) is 23.7 Å². The number of hydrogen-bond donors (Lipinski definition) is 3. The largest absolute Gasteiger partial charge is 0.398 e. The number of hydrogen-bond acceptors (Lipinski definition) is 6. The molecule has 1 saturated heterocycles. The smallest absolute Gasteiger partial charge is 0.178 e. The topological polar surface area (TPSA) is 100 Å². The maximum Gasteiger partial charge on any atom is 0.178 e. The number of aliphatic hydroxyl groups is 1. The van der Waals surface area contributed by atoms with E-state index >= 15 is 0 Å². The van der Waals surface area contributed by atoms with Gasteiger partial charge in [0.05, 0.1) is 24.3 Å². The van der Waals surface area contributed by atoms with Gasteiger partial charge in [-0.3, -0.25) is 0 Å². The van der Waals surface area contributed by atoms with Gasteiger partial charge in [0, 0.05) is 47.4 Å². The number of nitrogens with zero attached hydrogens (tertiary/aromatic N) is 3. The summed E-state index contributed by atoms with van der Waals surface area (Å²) in [6.07, 6.45) is 2.17. The Kier molecular flexibility index (Phi) is 5.28. The minimum Gasteiger partial charge on any atom is -0.398 e. The summed E-state index contributed by atoms with van der Waals surface area (Å²) in [7, 11) is 0. The third-order valence-corrected chi connectivity index (χ3v) is 5.98. The number of imidazole rings is 1. The Labute approximate surface area is 186 Å². The van der Waals surface area contributed by atoms with Crippen LogP contribution in [0.3, 0.4) is 0 Å². The Hall–Kier alpha value is -3.42. The first-order chi connectivity index (χ1) is 15.5. The van der Waals surface area contributed by atoms with Crippen LogP contribution in [0.4, 0.5) is 11.4 Å². The highest BCUT2D eigenvalue weighted by Gasteiger charge is 2.22. The molecule has 0 bridgehead atoms. The number of ether oxygens (including phenoxy) is 1. The summed E-state index contributed by atoms with van der Waals surface area (Å²) in [5.74, 6) is 0.754. The van der Waals surface area contributed by atoms with Crippen molar-refractivity contribution in [1.82, 2.24) is 15.0 Å². The van der Waals surface area contributed by atoms with Crippen LogP contribution in [0.15, 0.2) is 54.7 Å². The SMILES string of the molecule is CC1CN(c2ccc(-c3nc4nccc(-c5cccc(N)c5CO)c4[nH]3)cc2)CC(C)O1. The number of aromatic amines is 1. The van der Waals surface area contributed by atoms with Gasteiger partial charge in [-0.2, -0.15) is 0 Å². The summed E-state index contributed by atoms with van der Waals surface area (Å²) in [5.41, 5.74) is 12.8. The summed E-state index contributed by atoms with van der Waals surface area (Å²) in [5, 5.41) is 9.85. The molecule has 7 heteroatoms. The van der Waals surface area contributed by atoms with E-state index in [0.29, 0.717) is 16.9 Å². The normalized spacial score (nSPS) is 18.9. The molecule has 2 aromatic heterocycles. The molecule has 1 aliphatic heterocycles. The molecule has 1 fully saturated rings. The lowest BCUT2D eigenvalue weighted by Gasteiger charge is -2.36. The highest BCUT2D eigenvalue weighted by Crippen LogP contribution is 2.33. The molecule has 4 aromatic rings. The van der Waals surface area contributed by atoms with E-state index in [2.05, 4.69) is 53.0 Å². The average molecular weight is 430 g/mol. The minimum absolute atomic E-state index is 0.132. The number of benzene rings is 2. The van der Waals surface area contributed by atoms with Gasteiger partial charge in [-0.25, -0.2) is 9.97 Å².